The number of hydrogen-bond donors (Lipinski definition) is 1. The number of oxazole rings is 1. The van der Waals surface area contributed by atoms with Crippen molar-refractivity contribution >= 4 is 32.7 Å². The monoisotopic (exact) mass is 487 g/mol. The molecule has 182 valence electrons. The number of para-hydroxylation sites is 2. The molecule has 1 aliphatic rings. The lowest BCUT2D eigenvalue weighted by Gasteiger charge is -2.15. The fourth-order valence-electron chi connectivity index (χ4n) is 3.94. The SMILES string of the molecule is CCCCOc1ccccc1NC(=O)CCn1c(=O)oc2cc(S(=O)(=O)N3CCCC3)ccc21. The maximum Gasteiger partial charge on any atom is 0.419 e. The zero-order chi connectivity index (χ0) is 24.1. The minimum atomic E-state index is -3.62. The summed E-state index contributed by atoms with van der Waals surface area (Å²) in [6.45, 7) is 3.72. The Hall–Kier alpha value is -3.11. The third-order valence-electron chi connectivity index (χ3n) is 5.82. The van der Waals surface area contributed by atoms with E-state index in [4.69, 9.17) is 9.15 Å². The van der Waals surface area contributed by atoms with Gasteiger partial charge in [0.1, 0.15) is 5.75 Å². The van der Waals surface area contributed by atoms with Crippen molar-refractivity contribution in [3.63, 3.8) is 0 Å². The Morgan fingerprint density at radius 1 is 1.15 bits per heavy atom. The van der Waals surface area contributed by atoms with Gasteiger partial charge in [-0.3, -0.25) is 9.36 Å². The predicted octanol–water partition coefficient (Wildman–Crippen LogP) is 3.59. The summed E-state index contributed by atoms with van der Waals surface area (Å²) in [5.41, 5.74) is 1.20. The summed E-state index contributed by atoms with van der Waals surface area (Å²) in [6.07, 6.45) is 3.63. The summed E-state index contributed by atoms with van der Waals surface area (Å²) in [5.74, 6) is -0.315. The first-order valence-corrected chi connectivity index (χ1v) is 13.0. The molecular formula is C24H29N3O6S. The number of carbonyl (C=O) groups is 1. The van der Waals surface area contributed by atoms with Crippen LogP contribution in [0.2, 0.25) is 0 Å². The van der Waals surface area contributed by atoms with Crippen LogP contribution in [0.4, 0.5) is 5.69 Å². The molecule has 1 aromatic heterocycles. The van der Waals surface area contributed by atoms with Crippen LogP contribution in [0.15, 0.2) is 56.6 Å². The number of fused-ring (bicyclic) bond motifs is 1. The van der Waals surface area contributed by atoms with Crippen LogP contribution >= 0.6 is 0 Å². The van der Waals surface area contributed by atoms with Crippen LogP contribution in [-0.4, -0.2) is 42.9 Å². The number of amides is 1. The van der Waals surface area contributed by atoms with Crippen LogP contribution in [0.25, 0.3) is 11.1 Å². The van der Waals surface area contributed by atoms with E-state index in [1.54, 1.807) is 18.2 Å². The third-order valence-corrected chi connectivity index (χ3v) is 7.72. The molecule has 2 aromatic carbocycles. The quantitative estimate of drug-likeness (QED) is 0.438. The lowest BCUT2D eigenvalue weighted by molar-refractivity contribution is -0.116. The molecule has 0 atom stereocenters. The van der Waals surface area contributed by atoms with Gasteiger partial charge in [-0.2, -0.15) is 4.31 Å². The molecule has 1 saturated heterocycles. The first-order chi connectivity index (χ1) is 16.4. The predicted molar refractivity (Wildman–Crippen MR) is 129 cm³/mol. The molecule has 0 spiro atoms. The Morgan fingerprint density at radius 3 is 2.68 bits per heavy atom. The molecule has 2 heterocycles. The topological polar surface area (TPSA) is 111 Å². The summed E-state index contributed by atoms with van der Waals surface area (Å²) < 4.78 is 39.4. The van der Waals surface area contributed by atoms with E-state index >= 15 is 0 Å². The summed E-state index contributed by atoms with van der Waals surface area (Å²) in [6, 6.07) is 11.6. The first-order valence-electron chi connectivity index (χ1n) is 11.6. The maximum absolute atomic E-state index is 12.8. The zero-order valence-electron chi connectivity index (χ0n) is 19.2. The van der Waals surface area contributed by atoms with Gasteiger partial charge in [-0.05, 0) is 43.5 Å². The van der Waals surface area contributed by atoms with Crippen molar-refractivity contribution in [1.29, 1.82) is 0 Å². The highest BCUT2D eigenvalue weighted by molar-refractivity contribution is 7.89. The second-order valence-corrected chi connectivity index (χ2v) is 10.2. The number of aromatic nitrogens is 1. The number of ether oxygens (including phenoxy) is 1. The molecule has 0 bridgehead atoms. The third kappa shape index (κ3) is 5.18. The summed E-state index contributed by atoms with van der Waals surface area (Å²) in [7, 11) is -3.62. The van der Waals surface area contributed by atoms with Gasteiger partial charge in [-0.1, -0.05) is 25.5 Å². The molecule has 9 nitrogen and oxygen atoms in total. The molecule has 34 heavy (non-hydrogen) atoms. The van der Waals surface area contributed by atoms with Crippen LogP contribution in [-0.2, 0) is 21.4 Å². The lowest BCUT2D eigenvalue weighted by atomic mass is 10.2. The number of unbranched alkanes of at least 4 members (excludes halogenated alkanes) is 1. The normalized spacial score (nSPS) is 14.5. The van der Waals surface area contributed by atoms with Crippen LogP contribution in [0.3, 0.4) is 0 Å². The molecule has 0 unspecified atom stereocenters. The molecule has 1 aliphatic heterocycles. The van der Waals surface area contributed by atoms with Gasteiger partial charge in [0.2, 0.25) is 15.9 Å². The molecule has 3 aromatic rings. The van der Waals surface area contributed by atoms with Crippen LogP contribution < -0.4 is 15.8 Å². The van der Waals surface area contributed by atoms with Crippen molar-refractivity contribution < 1.29 is 22.4 Å². The molecule has 1 fully saturated rings. The van der Waals surface area contributed by atoms with E-state index in [0.29, 0.717) is 36.6 Å². The number of anilines is 1. The van der Waals surface area contributed by atoms with Crippen molar-refractivity contribution in [2.24, 2.45) is 0 Å². The van der Waals surface area contributed by atoms with Crippen LogP contribution in [0, 0.1) is 0 Å². The summed E-state index contributed by atoms with van der Waals surface area (Å²) in [4.78, 5) is 25.1. The molecule has 1 N–H and O–H groups in total. The largest absolute Gasteiger partial charge is 0.491 e. The van der Waals surface area contributed by atoms with Crippen LogP contribution in [0.5, 0.6) is 5.75 Å². The fraction of sp³-hybridized carbons (Fsp3) is 0.417. The van der Waals surface area contributed by atoms with E-state index in [1.165, 1.54) is 21.0 Å². The average Bonchev–Trinajstić information content (AvgIpc) is 3.47. The van der Waals surface area contributed by atoms with Gasteiger partial charge < -0.3 is 14.5 Å². The first kappa shape index (κ1) is 24.0. The van der Waals surface area contributed by atoms with E-state index in [9.17, 15) is 18.0 Å². The van der Waals surface area contributed by atoms with E-state index in [-0.39, 0.29) is 29.4 Å². The standard InChI is InChI=1S/C24H29N3O6S/c1-2-3-16-32-21-9-5-4-8-19(21)25-23(28)12-15-27-20-11-10-18(17-22(20)33-24(27)29)34(30,31)26-13-6-7-14-26/h4-5,8-11,17H,2-3,6-7,12-16H2,1H3,(H,25,28). The van der Waals surface area contributed by atoms with Gasteiger partial charge in [0, 0.05) is 32.1 Å². The van der Waals surface area contributed by atoms with Crippen molar-refractivity contribution in [3.8, 4) is 5.75 Å². The Bertz CT molecular complexity index is 1320. The van der Waals surface area contributed by atoms with Gasteiger partial charge >= 0.3 is 5.76 Å². The molecule has 4 rings (SSSR count). The second-order valence-electron chi connectivity index (χ2n) is 8.26. The number of aryl methyl sites for hydroxylation is 1. The minimum absolute atomic E-state index is 0.0334. The van der Waals surface area contributed by atoms with Gasteiger partial charge in [-0.25, -0.2) is 13.2 Å². The van der Waals surface area contributed by atoms with E-state index in [1.807, 2.05) is 12.1 Å². The highest BCUT2D eigenvalue weighted by Gasteiger charge is 2.28. The minimum Gasteiger partial charge on any atom is -0.491 e. The van der Waals surface area contributed by atoms with Crippen LogP contribution in [0.1, 0.15) is 39.0 Å². The van der Waals surface area contributed by atoms with Crippen molar-refractivity contribution in [3.05, 3.63) is 53.0 Å². The van der Waals surface area contributed by atoms with E-state index < -0.39 is 15.8 Å². The highest BCUT2D eigenvalue weighted by Crippen LogP contribution is 2.26. The molecule has 10 heteroatoms. The van der Waals surface area contributed by atoms with Gasteiger partial charge in [0.25, 0.3) is 0 Å². The number of nitrogens with zero attached hydrogens (tertiary/aromatic N) is 2. The van der Waals surface area contributed by atoms with Crippen molar-refractivity contribution in [2.75, 3.05) is 25.0 Å². The smallest absolute Gasteiger partial charge is 0.419 e. The maximum atomic E-state index is 12.8. The Morgan fingerprint density at radius 2 is 1.91 bits per heavy atom. The Labute approximate surface area is 198 Å². The number of hydrogen-bond acceptors (Lipinski definition) is 6. The number of sulfonamides is 1. The zero-order valence-corrected chi connectivity index (χ0v) is 20.0. The average molecular weight is 488 g/mol. The summed E-state index contributed by atoms with van der Waals surface area (Å²) in [5, 5.41) is 2.83. The van der Waals surface area contributed by atoms with E-state index in [2.05, 4.69) is 12.2 Å². The van der Waals surface area contributed by atoms with Gasteiger partial charge in [0.05, 0.1) is 22.7 Å². The lowest BCUT2D eigenvalue weighted by Crippen LogP contribution is -2.27. The Balaban J connectivity index is 1.45. The fourth-order valence-corrected chi connectivity index (χ4v) is 5.48. The number of rotatable bonds is 10. The number of benzene rings is 2. The Kier molecular flexibility index (Phi) is 7.38. The number of nitrogens with one attached hydrogen (secondary N) is 1. The second kappa shape index (κ2) is 10.4. The van der Waals surface area contributed by atoms with Crippen molar-refractivity contribution in [2.45, 2.75) is 50.5 Å². The molecule has 0 aliphatic carbocycles. The summed E-state index contributed by atoms with van der Waals surface area (Å²) >= 11 is 0. The van der Waals surface area contributed by atoms with E-state index in [0.717, 1.165) is 25.7 Å². The molecule has 0 radical (unpaired) electrons. The van der Waals surface area contributed by atoms with Gasteiger partial charge in [0.15, 0.2) is 5.58 Å². The van der Waals surface area contributed by atoms with Gasteiger partial charge in [-0.15, -0.1) is 0 Å². The molecule has 0 saturated carbocycles. The molecule has 1 amide bonds. The highest BCUT2D eigenvalue weighted by atomic mass is 32.2. The van der Waals surface area contributed by atoms with Crippen molar-refractivity contribution in [1.82, 2.24) is 8.87 Å². The molecular weight excluding hydrogens is 458 g/mol. The number of carbonyl (C=O) groups excluding carboxylic acids is 1.